The molecule has 1 heterocycles. The normalized spacial score (nSPS) is 18.8. The molecule has 1 aromatic rings. The molecule has 2 rings (SSSR count). The minimum absolute atomic E-state index is 0.391. The Labute approximate surface area is 63.4 Å². The Balaban J connectivity index is 2.25. The van der Waals surface area contributed by atoms with E-state index >= 15 is 0 Å². The number of aromatic amines is 1. The number of hydrogen-bond acceptors (Lipinski definition) is 3. The van der Waals surface area contributed by atoms with Crippen LogP contribution < -0.4 is 0 Å². The SMILES string of the molecule is S=c1[nH]nc(C2CCC2)o1. The summed E-state index contributed by atoms with van der Waals surface area (Å²) in [6.45, 7) is 0. The van der Waals surface area contributed by atoms with Crippen LogP contribution in [0.4, 0.5) is 0 Å². The highest BCUT2D eigenvalue weighted by Crippen LogP contribution is 2.34. The largest absolute Gasteiger partial charge is 0.414 e. The Bertz CT molecular complexity index is 273. The van der Waals surface area contributed by atoms with Crippen LogP contribution in [0.15, 0.2) is 4.42 Å². The average Bonchev–Trinajstić information content (AvgIpc) is 2.10. The van der Waals surface area contributed by atoms with Crippen LogP contribution in [-0.2, 0) is 0 Å². The lowest BCUT2D eigenvalue weighted by Gasteiger charge is -2.20. The van der Waals surface area contributed by atoms with Gasteiger partial charge in [-0.1, -0.05) is 6.42 Å². The van der Waals surface area contributed by atoms with E-state index < -0.39 is 0 Å². The molecule has 1 N–H and O–H groups in total. The van der Waals surface area contributed by atoms with Crippen molar-refractivity contribution in [3.05, 3.63) is 10.7 Å². The Morgan fingerprint density at radius 2 is 2.40 bits per heavy atom. The first-order valence-corrected chi connectivity index (χ1v) is 3.82. The lowest BCUT2D eigenvalue weighted by Crippen LogP contribution is -2.08. The predicted molar refractivity (Wildman–Crippen MR) is 38.3 cm³/mol. The van der Waals surface area contributed by atoms with E-state index in [0.29, 0.717) is 10.8 Å². The third-order valence-corrected chi connectivity index (χ3v) is 2.08. The van der Waals surface area contributed by atoms with Crippen LogP contribution in [0.25, 0.3) is 0 Å². The minimum Gasteiger partial charge on any atom is -0.414 e. The topological polar surface area (TPSA) is 41.8 Å². The summed E-state index contributed by atoms with van der Waals surface area (Å²) >= 11 is 4.74. The molecule has 0 bridgehead atoms. The zero-order valence-corrected chi connectivity index (χ0v) is 6.28. The number of nitrogens with one attached hydrogen (secondary N) is 1. The monoisotopic (exact) mass is 156 g/mol. The van der Waals surface area contributed by atoms with E-state index in [2.05, 4.69) is 10.2 Å². The van der Waals surface area contributed by atoms with Gasteiger partial charge < -0.3 is 4.42 Å². The molecule has 0 unspecified atom stereocenters. The number of rotatable bonds is 1. The highest BCUT2D eigenvalue weighted by atomic mass is 32.1. The maximum atomic E-state index is 5.14. The van der Waals surface area contributed by atoms with Crippen LogP contribution >= 0.6 is 12.2 Å². The molecule has 1 aliphatic carbocycles. The van der Waals surface area contributed by atoms with Gasteiger partial charge in [-0.05, 0) is 25.1 Å². The van der Waals surface area contributed by atoms with Gasteiger partial charge in [-0.3, -0.25) is 0 Å². The van der Waals surface area contributed by atoms with Gasteiger partial charge >= 0.3 is 0 Å². The fourth-order valence-corrected chi connectivity index (χ4v) is 1.20. The maximum Gasteiger partial charge on any atom is 0.284 e. The van der Waals surface area contributed by atoms with Crippen molar-refractivity contribution in [1.29, 1.82) is 0 Å². The van der Waals surface area contributed by atoms with Crippen molar-refractivity contribution >= 4 is 12.2 Å². The lowest BCUT2D eigenvalue weighted by atomic mass is 9.85. The third-order valence-electron chi connectivity index (χ3n) is 1.91. The van der Waals surface area contributed by atoms with Crippen molar-refractivity contribution < 1.29 is 4.42 Å². The molecule has 0 aromatic carbocycles. The molecule has 0 saturated heterocycles. The van der Waals surface area contributed by atoms with E-state index in [9.17, 15) is 0 Å². The molecular formula is C6H8N2OS. The molecule has 1 fully saturated rings. The van der Waals surface area contributed by atoms with Crippen molar-refractivity contribution in [2.24, 2.45) is 0 Å². The molecular weight excluding hydrogens is 148 g/mol. The summed E-state index contributed by atoms with van der Waals surface area (Å²) in [6.07, 6.45) is 3.69. The number of aromatic nitrogens is 2. The minimum atomic E-state index is 0.391. The fraction of sp³-hybridized carbons (Fsp3) is 0.667. The molecule has 0 radical (unpaired) electrons. The van der Waals surface area contributed by atoms with Crippen LogP contribution in [-0.4, -0.2) is 10.2 Å². The Kier molecular flexibility index (Phi) is 1.34. The van der Waals surface area contributed by atoms with Crippen molar-refractivity contribution in [3.8, 4) is 0 Å². The summed E-state index contributed by atoms with van der Waals surface area (Å²) in [5.74, 6) is 1.32. The second-order valence-corrected chi connectivity index (χ2v) is 2.95. The van der Waals surface area contributed by atoms with Crippen LogP contribution in [0.3, 0.4) is 0 Å². The highest BCUT2D eigenvalue weighted by Gasteiger charge is 2.23. The predicted octanol–water partition coefficient (Wildman–Crippen LogP) is 2.00. The molecule has 0 spiro atoms. The second kappa shape index (κ2) is 2.20. The first-order valence-electron chi connectivity index (χ1n) is 3.41. The molecule has 3 nitrogen and oxygen atoms in total. The second-order valence-electron chi connectivity index (χ2n) is 2.58. The molecule has 1 aromatic heterocycles. The summed E-state index contributed by atoms with van der Waals surface area (Å²) in [5, 5.41) is 6.56. The van der Waals surface area contributed by atoms with Gasteiger partial charge in [-0.25, -0.2) is 5.10 Å². The molecule has 4 heteroatoms. The standard InChI is InChI=1S/C6H8N2OS/c10-6-8-7-5(9-6)4-2-1-3-4/h4H,1-3H2,(H,8,10). The van der Waals surface area contributed by atoms with Gasteiger partial charge in [-0.15, -0.1) is 5.10 Å². The molecule has 1 saturated carbocycles. The van der Waals surface area contributed by atoms with E-state index in [1.807, 2.05) is 0 Å². The van der Waals surface area contributed by atoms with Gasteiger partial charge in [-0.2, -0.15) is 0 Å². The van der Waals surface area contributed by atoms with Gasteiger partial charge in [0.15, 0.2) is 0 Å². The van der Waals surface area contributed by atoms with E-state index in [-0.39, 0.29) is 0 Å². The Hall–Kier alpha value is -0.640. The third kappa shape index (κ3) is 0.883. The lowest BCUT2D eigenvalue weighted by molar-refractivity contribution is 0.331. The van der Waals surface area contributed by atoms with Crippen molar-refractivity contribution in [2.75, 3.05) is 0 Å². The average molecular weight is 156 g/mol. The molecule has 54 valence electrons. The van der Waals surface area contributed by atoms with Crippen molar-refractivity contribution in [3.63, 3.8) is 0 Å². The summed E-state index contributed by atoms with van der Waals surface area (Å²) in [4.78, 5) is 0.391. The zero-order valence-electron chi connectivity index (χ0n) is 5.46. The maximum absolute atomic E-state index is 5.14. The first kappa shape index (κ1) is 6.09. The molecule has 1 aliphatic rings. The van der Waals surface area contributed by atoms with E-state index in [1.54, 1.807) is 0 Å². The quantitative estimate of drug-likeness (QED) is 0.632. The summed E-state index contributed by atoms with van der Waals surface area (Å²) < 4.78 is 5.14. The van der Waals surface area contributed by atoms with Gasteiger partial charge in [0.2, 0.25) is 5.89 Å². The Morgan fingerprint density at radius 1 is 1.60 bits per heavy atom. The molecule has 0 atom stereocenters. The number of nitrogens with zero attached hydrogens (tertiary/aromatic N) is 1. The van der Waals surface area contributed by atoms with Crippen LogP contribution in [0.5, 0.6) is 0 Å². The van der Waals surface area contributed by atoms with Crippen LogP contribution in [0, 0.1) is 4.84 Å². The zero-order chi connectivity index (χ0) is 6.97. The summed E-state index contributed by atoms with van der Waals surface area (Å²) in [7, 11) is 0. The van der Waals surface area contributed by atoms with Crippen LogP contribution in [0.2, 0.25) is 0 Å². The Morgan fingerprint density at radius 3 is 2.80 bits per heavy atom. The van der Waals surface area contributed by atoms with Gasteiger partial charge in [0.05, 0.1) is 0 Å². The van der Waals surface area contributed by atoms with E-state index in [0.717, 1.165) is 5.89 Å². The highest BCUT2D eigenvalue weighted by molar-refractivity contribution is 7.71. The first-order chi connectivity index (χ1) is 4.86. The smallest absolute Gasteiger partial charge is 0.284 e. The van der Waals surface area contributed by atoms with Gasteiger partial charge in [0.1, 0.15) is 0 Å². The van der Waals surface area contributed by atoms with E-state index in [1.165, 1.54) is 19.3 Å². The number of hydrogen-bond donors (Lipinski definition) is 1. The van der Waals surface area contributed by atoms with Crippen LogP contribution in [0.1, 0.15) is 31.1 Å². The molecule has 0 aliphatic heterocycles. The fourth-order valence-electron chi connectivity index (χ4n) is 1.07. The van der Waals surface area contributed by atoms with Gasteiger partial charge in [0, 0.05) is 5.92 Å². The molecule has 0 amide bonds. The number of H-pyrrole nitrogens is 1. The van der Waals surface area contributed by atoms with Crippen molar-refractivity contribution in [1.82, 2.24) is 10.2 Å². The van der Waals surface area contributed by atoms with Gasteiger partial charge in [0.25, 0.3) is 4.84 Å². The molecule has 10 heavy (non-hydrogen) atoms. The summed E-state index contributed by atoms with van der Waals surface area (Å²) in [6, 6.07) is 0. The summed E-state index contributed by atoms with van der Waals surface area (Å²) in [5.41, 5.74) is 0. The van der Waals surface area contributed by atoms with E-state index in [4.69, 9.17) is 16.6 Å². The van der Waals surface area contributed by atoms with Crippen molar-refractivity contribution in [2.45, 2.75) is 25.2 Å².